The van der Waals surface area contributed by atoms with Crippen LogP contribution < -0.4 is 4.74 Å². The van der Waals surface area contributed by atoms with Crippen LogP contribution in [0.1, 0.15) is 115 Å². The Labute approximate surface area is 479 Å². The Balaban J connectivity index is 1.03. The standard InChI is InChI=1S/C61H89NO18Si/c1-16-34(2)52-37(5)26-27-60(79-52)32-45-29-44(78-60)23-20-36(4)51(35(3)18-17-19-41-33-70-56-53(80-81(14,15)59(9,10)11)38(6)28-46(57(63)73-45)61(41,56)65)75-49-30-47(68-12)54(39(7)71-49)76-50-31-48(69-13)55(40(8)72-50)77-58(64)74-43-24-21-42(22-25-43)62(66)67/h17-22,24-28,34-35,37,39-40,44-56,65H,16,23,29-33H2,1-15H3/b18-17+,36-20+,41-19+/t34-,35-,37-,39-,40-,44+,45-,46-,47+,48+,49-,50-,51-,52+,53+,54-,55-,56+,60+,61+/m0/s1. The molecule has 7 aliphatic rings. The lowest BCUT2D eigenvalue weighted by Crippen LogP contribution is -2.60. The molecule has 8 rings (SSSR count). The molecule has 4 saturated heterocycles. The molecule has 0 unspecified atom stereocenters. The van der Waals surface area contributed by atoms with Gasteiger partial charge in [-0.3, -0.25) is 14.9 Å². The molecule has 4 fully saturated rings. The third-order valence-electron chi connectivity index (χ3n) is 18.2. The Bertz CT molecular complexity index is 2540. The second kappa shape index (κ2) is 25.6. The van der Waals surface area contributed by atoms with Crippen molar-refractivity contribution < 1.29 is 80.9 Å². The topological polar surface area (TPSA) is 217 Å². The van der Waals surface area contributed by atoms with Crippen LogP contribution >= 0.6 is 0 Å². The normalized spacial score (nSPS) is 40.6. The first kappa shape index (κ1) is 62.9. The summed E-state index contributed by atoms with van der Waals surface area (Å²) in [6, 6.07) is 5.08. The largest absolute Gasteiger partial charge is 0.514 e. The van der Waals surface area contributed by atoms with Gasteiger partial charge in [0.1, 0.15) is 41.7 Å². The van der Waals surface area contributed by atoms with Crippen molar-refractivity contribution in [3.05, 3.63) is 93.6 Å². The zero-order valence-corrected chi connectivity index (χ0v) is 51.0. The summed E-state index contributed by atoms with van der Waals surface area (Å²) in [4.78, 5) is 38.3. The van der Waals surface area contributed by atoms with Crippen LogP contribution in [0.3, 0.4) is 0 Å². The number of nitro groups is 1. The third kappa shape index (κ3) is 13.8. The van der Waals surface area contributed by atoms with Crippen molar-refractivity contribution in [2.75, 3.05) is 20.8 Å². The van der Waals surface area contributed by atoms with E-state index in [1.165, 1.54) is 31.4 Å². The number of hydrogen-bond donors (Lipinski definition) is 1. The van der Waals surface area contributed by atoms with Crippen molar-refractivity contribution >= 4 is 26.1 Å². The quantitative estimate of drug-likeness (QED) is 0.0485. The summed E-state index contributed by atoms with van der Waals surface area (Å²) < 4.78 is 83.7. The van der Waals surface area contributed by atoms with E-state index in [4.69, 9.17) is 61.3 Å². The number of rotatable bonds is 13. The number of carbonyl (C=O) groups is 2. The number of nitrogens with zero attached hydrogens (tertiary/aromatic N) is 1. The molecular weight excluding hydrogens is 1060 g/mol. The molecule has 1 aromatic carbocycles. The second-order valence-corrected chi connectivity index (χ2v) is 29.8. The number of allylic oxidation sites excluding steroid dienone is 2. The van der Waals surface area contributed by atoms with Gasteiger partial charge in [0.2, 0.25) is 0 Å². The number of esters is 1. The fraction of sp³-hybridized carbons (Fsp3) is 0.705. The van der Waals surface area contributed by atoms with Crippen molar-refractivity contribution in [2.45, 2.75) is 230 Å². The Morgan fingerprint density at radius 2 is 1.54 bits per heavy atom. The van der Waals surface area contributed by atoms with Gasteiger partial charge in [-0.25, -0.2) is 4.79 Å². The van der Waals surface area contributed by atoms with E-state index in [-0.39, 0.29) is 59.8 Å². The molecule has 20 atom stereocenters. The number of non-ortho nitro benzene ring substituents is 1. The van der Waals surface area contributed by atoms with Gasteiger partial charge in [0.05, 0.1) is 54.3 Å². The van der Waals surface area contributed by atoms with Crippen LogP contribution in [0.15, 0.2) is 83.5 Å². The average molecular weight is 1150 g/mol. The Hall–Kier alpha value is -4.16. The molecular formula is C61H89NO18Si. The van der Waals surface area contributed by atoms with Gasteiger partial charge in [0, 0.05) is 63.9 Å². The van der Waals surface area contributed by atoms with Crippen LogP contribution in [0.25, 0.3) is 0 Å². The Kier molecular flexibility index (Phi) is 19.9. The predicted molar refractivity (Wildman–Crippen MR) is 301 cm³/mol. The maximum Gasteiger partial charge on any atom is 0.514 e. The highest BCUT2D eigenvalue weighted by Gasteiger charge is 2.62. The minimum absolute atomic E-state index is 0.0778. The lowest BCUT2D eigenvalue weighted by Gasteiger charge is -2.49. The van der Waals surface area contributed by atoms with Crippen LogP contribution in [0, 0.1) is 33.8 Å². The highest BCUT2D eigenvalue weighted by Crippen LogP contribution is 2.50. The highest BCUT2D eigenvalue weighted by molar-refractivity contribution is 6.74. The Morgan fingerprint density at radius 1 is 0.889 bits per heavy atom. The van der Waals surface area contributed by atoms with E-state index in [1.807, 2.05) is 51.2 Å². The minimum atomic E-state index is -2.41. The molecule has 81 heavy (non-hydrogen) atoms. The van der Waals surface area contributed by atoms with Gasteiger partial charge in [-0.05, 0) is 93.1 Å². The van der Waals surface area contributed by atoms with Crippen LogP contribution in [0.5, 0.6) is 5.75 Å². The summed E-state index contributed by atoms with van der Waals surface area (Å²) in [5.41, 5.74) is 0.366. The van der Waals surface area contributed by atoms with Gasteiger partial charge in [-0.1, -0.05) is 91.3 Å². The lowest BCUT2D eigenvalue weighted by molar-refractivity contribution is -0.384. The summed E-state index contributed by atoms with van der Waals surface area (Å²) in [7, 11) is 0.713. The fourth-order valence-corrected chi connectivity index (χ4v) is 13.5. The maximum absolute atomic E-state index is 14.9. The first-order valence-corrected chi connectivity index (χ1v) is 31.9. The van der Waals surface area contributed by atoms with Gasteiger partial charge >= 0.3 is 12.1 Å². The first-order chi connectivity index (χ1) is 38.2. The van der Waals surface area contributed by atoms with Crippen molar-refractivity contribution in [1.29, 1.82) is 0 Å². The molecule has 1 aliphatic carbocycles. The summed E-state index contributed by atoms with van der Waals surface area (Å²) in [5.74, 6) is -2.54. The lowest BCUT2D eigenvalue weighted by atomic mass is 9.71. The van der Waals surface area contributed by atoms with E-state index < -0.39 is 122 Å². The summed E-state index contributed by atoms with van der Waals surface area (Å²) >= 11 is 0. The van der Waals surface area contributed by atoms with E-state index in [2.05, 4.69) is 73.7 Å². The molecule has 19 nitrogen and oxygen atoms in total. The second-order valence-electron chi connectivity index (χ2n) is 25.0. The van der Waals surface area contributed by atoms with Crippen molar-refractivity contribution in [1.82, 2.24) is 0 Å². The molecule has 0 radical (unpaired) electrons. The molecule has 6 heterocycles. The van der Waals surface area contributed by atoms with Gasteiger partial charge in [-0.2, -0.15) is 0 Å². The van der Waals surface area contributed by atoms with Crippen molar-refractivity contribution in [3.8, 4) is 5.75 Å². The number of methoxy groups -OCH3 is 2. The predicted octanol–water partition coefficient (Wildman–Crippen LogP) is 10.5. The van der Waals surface area contributed by atoms with Crippen LogP contribution in [-0.2, 0) is 61.3 Å². The number of carbonyl (C=O) groups excluding carboxylic acids is 2. The monoisotopic (exact) mass is 1150 g/mol. The number of nitro benzene ring substituents is 1. The molecule has 1 N–H and O–H groups in total. The molecule has 0 saturated carbocycles. The molecule has 20 heteroatoms. The number of benzene rings is 1. The first-order valence-electron chi connectivity index (χ1n) is 29.0. The number of hydrogen-bond acceptors (Lipinski definition) is 18. The number of ether oxygens (including phenoxy) is 12. The van der Waals surface area contributed by atoms with Crippen molar-refractivity contribution in [2.24, 2.45) is 23.7 Å². The summed E-state index contributed by atoms with van der Waals surface area (Å²) in [5, 5.41) is 24.2. The molecule has 450 valence electrons. The van der Waals surface area contributed by atoms with Crippen LogP contribution in [0.2, 0.25) is 18.1 Å². The van der Waals surface area contributed by atoms with E-state index in [0.717, 1.165) is 17.6 Å². The van der Waals surface area contributed by atoms with Crippen LogP contribution in [-0.4, -0.2) is 149 Å². The zero-order valence-electron chi connectivity index (χ0n) is 50.0. The number of fused-ring (bicyclic) bond motifs is 2. The smallest absolute Gasteiger partial charge is 0.462 e. The summed E-state index contributed by atoms with van der Waals surface area (Å²) in [6.07, 6.45) is 7.03. The molecule has 1 aromatic rings. The van der Waals surface area contributed by atoms with E-state index in [0.29, 0.717) is 24.8 Å². The SMILES string of the molecule is CC[C@H](C)[C@H]1O[C@]2(C=C[C@@H]1C)C[C@@H]1C[C@@H](C/C=C(\C)[C@@H](O[C@H]3C[C@@H](OC)[C@@H](O[C@H]4C[C@@H](OC)[C@@H](OC(=O)Oc5ccc([N+](=O)[O-])cc5)[C@H](C)O4)[C@H](C)O3)[C@@H](C)/C=C/C=C3\CO[C@@H]4[C@H](O[Si](C)(C)C(C)(C)C)C(C)=C[C@@H](C(=O)O1)[C@]34O)O2. The van der Waals surface area contributed by atoms with Gasteiger partial charge in [-0.15, -0.1) is 0 Å². The van der Waals surface area contributed by atoms with Gasteiger partial charge in [0.25, 0.3) is 5.69 Å². The molecule has 2 bridgehead atoms. The zero-order chi connectivity index (χ0) is 58.9. The fourth-order valence-electron chi connectivity index (χ4n) is 12.2. The maximum atomic E-state index is 14.9. The average Bonchev–Trinajstić information content (AvgIpc) is 4.01. The van der Waals surface area contributed by atoms with Gasteiger partial charge in [0.15, 0.2) is 32.8 Å². The van der Waals surface area contributed by atoms with E-state index >= 15 is 0 Å². The summed E-state index contributed by atoms with van der Waals surface area (Å²) in [6.45, 7) is 27.2. The third-order valence-corrected chi connectivity index (χ3v) is 22.6. The Morgan fingerprint density at radius 3 is 2.19 bits per heavy atom. The van der Waals surface area contributed by atoms with E-state index in [9.17, 15) is 24.8 Å². The van der Waals surface area contributed by atoms with Crippen LogP contribution in [0.4, 0.5) is 10.5 Å². The van der Waals surface area contributed by atoms with Gasteiger partial charge < -0.3 is 66.4 Å². The molecule has 6 aliphatic heterocycles. The van der Waals surface area contributed by atoms with E-state index in [1.54, 1.807) is 14.0 Å². The molecule has 0 aromatic heterocycles. The van der Waals surface area contributed by atoms with Crippen molar-refractivity contribution in [3.63, 3.8) is 0 Å². The highest BCUT2D eigenvalue weighted by atomic mass is 28.4. The molecule has 1 spiro atoms. The number of aliphatic hydroxyl groups is 1. The molecule has 0 amide bonds. The minimum Gasteiger partial charge on any atom is -0.462 e.